The van der Waals surface area contributed by atoms with Gasteiger partial charge in [0.25, 0.3) is 0 Å². The predicted octanol–water partition coefficient (Wildman–Crippen LogP) is 3.18. The van der Waals surface area contributed by atoms with Crippen molar-refractivity contribution in [1.29, 1.82) is 0 Å². The Morgan fingerprint density at radius 2 is 1.81 bits per heavy atom. The molecule has 2 fully saturated rings. The van der Waals surface area contributed by atoms with Crippen LogP contribution in [0.1, 0.15) is 63.5 Å². The van der Waals surface area contributed by atoms with E-state index in [-0.39, 0.29) is 11.9 Å². The maximum Gasteiger partial charge on any atom is 0.224 e. The van der Waals surface area contributed by atoms with E-state index in [1.807, 2.05) is 17.0 Å². The summed E-state index contributed by atoms with van der Waals surface area (Å²) in [6.07, 6.45) is 7.77. The molecular formula is C25H41N5O2. The van der Waals surface area contributed by atoms with Crippen LogP contribution in [-0.4, -0.2) is 74.6 Å². The highest BCUT2D eigenvalue weighted by atomic mass is 16.5. The first-order valence-corrected chi connectivity index (χ1v) is 12.2. The molecule has 2 unspecified atom stereocenters. The highest BCUT2D eigenvalue weighted by Crippen LogP contribution is 2.26. The molecule has 0 saturated carbocycles. The number of nitrogens with zero attached hydrogens (tertiary/aromatic N) is 3. The maximum atomic E-state index is 12.6. The SMILES string of the molecule is CN=C(NCCC(=O)N1CCCCC1C)NCC(c1ccc(OC)cc1)N1CCCCC1. The number of benzene rings is 1. The van der Waals surface area contributed by atoms with E-state index < -0.39 is 0 Å². The molecule has 2 atom stereocenters. The Hall–Kier alpha value is -2.28. The molecule has 1 aromatic rings. The average Bonchev–Trinajstić information content (AvgIpc) is 2.84. The largest absolute Gasteiger partial charge is 0.497 e. The first-order valence-electron chi connectivity index (χ1n) is 12.2. The van der Waals surface area contributed by atoms with Crippen molar-refractivity contribution in [3.05, 3.63) is 29.8 Å². The van der Waals surface area contributed by atoms with Crippen molar-refractivity contribution in [3.63, 3.8) is 0 Å². The lowest BCUT2D eigenvalue weighted by molar-refractivity contribution is -0.134. The number of carbonyl (C=O) groups is 1. The van der Waals surface area contributed by atoms with Crippen LogP contribution in [0, 0.1) is 0 Å². The van der Waals surface area contributed by atoms with Gasteiger partial charge >= 0.3 is 0 Å². The molecule has 0 bridgehead atoms. The molecule has 0 aliphatic carbocycles. The number of hydrogen-bond donors (Lipinski definition) is 2. The number of methoxy groups -OCH3 is 1. The second-order valence-electron chi connectivity index (χ2n) is 8.95. The molecule has 2 aliphatic rings. The fourth-order valence-corrected chi connectivity index (χ4v) is 4.83. The fourth-order valence-electron chi connectivity index (χ4n) is 4.83. The van der Waals surface area contributed by atoms with Gasteiger partial charge in [-0.1, -0.05) is 18.6 Å². The lowest BCUT2D eigenvalue weighted by atomic mass is 10.0. The number of rotatable bonds is 8. The lowest BCUT2D eigenvalue weighted by Gasteiger charge is -2.35. The Morgan fingerprint density at radius 3 is 2.47 bits per heavy atom. The minimum Gasteiger partial charge on any atom is -0.497 e. The first kappa shape index (κ1) is 24.4. The van der Waals surface area contributed by atoms with Crippen molar-refractivity contribution in [2.75, 3.05) is 46.9 Å². The predicted molar refractivity (Wildman–Crippen MR) is 130 cm³/mol. The third-order valence-electron chi connectivity index (χ3n) is 6.77. The van der Waals surface area contributed by atoms with E-state index >= 15 is 0 Å². The summed E-state index contributed by atoms with van der Waals surface area (Å²) in [6.45, 7) is 6.65. The Bertz CT molecular complexity index is 730. The first-order chi connectivity index (χ1) is 15.6. The van der Waals surface area contributed by atoms with Crippen LogP contribution in [0.2, 0.25) is 0 Å². The van der Waals surface area contributed by atoms with E-state index in [2.05, 4.69) is 39.6 Å². The van der Waals surface area contributed by atoms with E-state index in [1.54, 1.807) is 14.2 Å². The Labute approximate surface area is 193 Å². The Balaban J connectivity index is 1.53. The second kappa shape index (κ2) is 12.7. The molecule has 0 aromatic heterocycles. The highest BCUT2D eigenvalue weighted by molar-refractivity contribution is 5.81. The van der Waals surface area contributed by atoms with Gasteiger partial charge in [-0.2, -0.15) is 0 Å². The molecule has 1 aromatic carbocycles. The second-order valence-corrected chi connectivity index (χ2v) is 8.95. The number of aliphatic imine (C=N–C) groups is 1. The molecular weight excluding hydrogens is 402 g/mol. The normalized spacial score (nSPS) is 21.2. The number of amides is 1. The van der Waals surface area contributed by atoms with E-state index in [9.17, 15) is 4.79 Å². The number of likely N-dealkylation sites (tertiary alicyclic amines) is 2. The number of nitrogens with one attached hydrogen (secondary N) is 2. The standard InChI is InChI=1S/C25H41N5O2/c1-20-9-5-8-18-30(20)24(31)14-15-27-25(26-2)28-19-23(29-16-6-4-7-17-29)21-10-12-22(32-3)13-11-21/h10-13,20,23H,4-9,14-19H2,1-3H3,(H2,26,27,28). The van der Waals surface area contributed by atoms with Gasteiger partial charge in [0.1, 0.15) is 5.75 Å². The van der Waals surface area contributed by atoms with Crippen molar-refractivity contribution in [2.45, 2.75) is 64.0 Å². The van der Waals surface area contributed by atoms with Crippen LogP contribution in [0.25, 0.3) is 0 Å². The zero-order chi connectivity index (χ0) is 22.8. The number of carbonyl (C=O) groups excluding carboxylic acids is 1. The highest BCUT2D eigenvalue weighted by Gasteiger charge is 2.24. The van der Waals surface area contributed by atoms with Crippen LogP contribution in [0.3, 0.4) is 0 Å². The summed E-state index contributed by atoms with van der Waals surface area (Å²) in [5.41, 5.74) is 1.28. The summed E-state index contributed by atoms with van der Waals surface area (Å²) < 4.78 is 5.33. The summed E-state index contributed by atoms with van der Waals surface area (Å²) in [5.74, 6) is 1.87. The van der Waals surface area contributed by atoms with Crippen molar-refractivity contribution in [3.8, 4) is 5.75 Å². The number of guanidine groups is 1. The summed E-state index contributed by atoms with van der Waals surface area (Å²) in [4.78, 5) is 21.6. The quantitative estimate of drug-likeness (QED) is 0.477. The van der Waals surface area contributed by atoms with Gasteiger partial charge < -0.3 is 20.3 Å². The minimum absolute atomic E-state index is 0.240. The molecule has 2 aliphatic heterocycles. The monoisotopic (exact) mass is 443 g/mol. The van der Waals surface area contributed by atoms with Crippen molar-refractivity contribution >= 4 is 11.9 Å². The third kappa shape index (κ3) is 6.86. The smallest absolute Gasteiger partial charge is 0.224 e. The van der Waals surface area contributed by atoms with Gasteiger partial charge in [-0.05, 0) is 69.8 Å². The van der Waals surface area contributed by atoms with Gasteiger partial charge in [-0.3, -0.25) is 14.7 Å². The van der Waals surface area contributed by atoms with E-state index in [1.165, 1.54) is 31.2 Å². The minimum atomic E-state index is 0.240. The van der Waals surface area contributed by atoms with Gasteiger partial charge in [0.05, 0.1) is 13.2 Å². The van der Waals surface area contributed by atoms with E-state index in [0.29, 0.717) is 19.0 Å². The third-order valence-corrected chi connectivity index (χ3v) is 6.77. The summed E-state index contributed by atoms with van der Waals surface area (Å²) >= 11 is 0. The van der Waals surface area contributed by atoms with Crippen molar-refractivity contribution in [1.82, 2.24) is 20.4 Å². The van der Waals surface area contributed by atoms with Crippen LogP contribution >= 0.6 is 0 Å². The lowest BCUT2D eigenvalue weighted by Crippen LogP contribution is -2.46. The number of piperidine rings is 2. The molecule has 2 heterocycles. The molecule has 7 nitrogen and oxygen atoms in total. The summed E-state index contributed by atoms with van der Waals surface area (Å²) in [6, 6.07) is 9.03. The molecule has 0 spiro atoms. The van der Waals surface area contributed by atoms with Crippen LogP contribution in [0.5, 0.6) is 5.75 Å². The van der Waals surface area contributed by atoms with Crippen molar-refractivity contribution in [2.24, 2.45) is 4.99 Å². The van der Waals surface area contributed by atoms with Crippen LogP contribution in [-0.2, 0) is 4.79 Å². The summed E-state index contributed by atoms with van der Waals surface area (Å²) in [7, 11) is 3.48. The molecule has 7 heteroatoms. The topological polar surface area (TPSA) is 69.2 Å². The molecule has 1 amide bonds. The van der Waals surface area contributed by atoms with Gasteiger partial charge in [0.2, 0.25) is 5.91 Å². The van der Waals surface area contributed by atoms with Gasteiger partial charge in [-0.15, -0.1) is 0 Å². The molecule has 3 rings (SSSR count). The zero-order valence-electron chi connectivity index (χ0n) is 20.1. The number of hydrogen-bond acceptors (Lipinski definition) is 4. The van der Waals surface area contributed by atoms with Gasteiger partial charge in [0, 0.05) is 39.1 Å². The van der Waals surface area contributed by atoms with Crippen LogP contribution in [0.15, 0.2) is 29.3 Å². The molecule has 2 saturated heterocycles. The Kier molecular flexibility index (Phi) is 9.65. The Morgan fingerprint density at radius 1 is 1.09 bits per heavy atom. The molecule has 2 N–H and O–H groups in total. The fraction of sp³-hybridized carbons (Fsp3) is 0.680. The van der Waals surface area contributed by atoms with Crippen LogP contribution < -0.4 is 15.4 Å². The molecule has 32 heavy (non-hydrogen) atoms. The number of ether oxygens (including phenoxy) is 1. The van der Waals surface area contributed by atoms with Crippen LogP contribution in [0.4, 0.5) is 0 Å². The summed E-state index contributed by atoms with van der Waals surface area (Å²) in [5, 5.41) is 6.83. The van der Waals surface area contributed by atoms with E-state index in [4.69, 9.17) is 4.74 Å². The van der Waals surface area contributed by atoms with Crippen molar-refractivity contribution < 1.29 is 9.53 Å². The van der Waals surface area contributed by atoms with Gasteiger partial charge in [-0.25, -0.2) is 0 Å². The maximum absolute atomic E-state index is 12.6. The zero-order valence-corrected chi connectivity index (χ0v) is 20.1. The molecule has 178 valence electrons. The molecule has 0 radical (unpaired) electrons. The van der Waals surface area contributed by atoms with E-state index in [0.717, 1.165) is 50.7 Å². The van der Waals surface area contributed by atoms with Gasteiger partial charge in [0.15, 0.2) is 5.96 Å². The average molecular weight is 444 g/mol.